The van der Waals surface area contributed by atoms with Crippen molar-refractivity contribution >= 4 is 0 Å². The van der Waals surface area contributed by atoms with Gasteiger partial charge >= 0.3 is 0 Å². The van der Waals surface area contributed by atoms with Gasteiger partial charge in [-0.3, -0.25) is 20.9 Å². The summed E-state index contributed by atoms with van der Waals surface area (Å²) >= 11 is 0. The molecule has 0 aliphatic heterocycles. The maximum atomic E-state index is 5.62. The van der Waals surface area contributed by atoms with Crippen molar-refractivity contribution in [1.82, 2.24) is 25.2 Å². The van der Waals surface area contributed by atoms with Crippen molar-refractivity contribution in [3.8, 4) is 0 Å². The summed E-state index contributed by atoms with van der Waals surface area (Å²) in [6.07, 6.45) is 6.85. The second kappa shape index (κ2) is 6.23. The van der Waals surface area contributed by atoms with Gasteiger partial charge in [-0.2, -0.15) is 5.10 Å². The fourth-order valence-electron chi connectivity index (χ4n) is 1.90. The molecule has 0 saturated carbocycles. The standard InChI is InChI=1S/C12H18N6/c1-2-7-18-12(15-9-16-18)8-11(17-13)10-3-5-14-6-4-10/h3-6,9,11,17H,2,7-8,13H2,1H3. The summed E-state index contributed by atoms with van der Waals surface area (Å²) in [5, 5.41) is 4.21. The largest absolute Gasteiger partial charge is 0.271 e. The number of nitrogens with zero attached hydrogens (tertiary/aromatic N) is 4. The number of nitrogens with one attached hydrogen (secondary N) is 1. The molecule has 0 saturated heterocycles. The summed E-state index contributed by atoms with van der Waals surface area (Å²) in [5.41, 5.74) is 3.91. The highest BCUT2D eigenvalue weighted by molar-refractivity contribution is 5.16. The minimum absolute atomic E-state index is 0.0211. The zero-order valence-corrected chi connectivity index (χ0v) is 10.5. The van der Waals surface area contributed by atoms with Gasteiger partial charge < -0.3 is 0 Å². The second-order valence-corrected chi connectivity index (χ2v) is 4.10. The first-order valence-electron chi connectivity index (χ1n) is 6.08. The highest BCUT2D eigenvalue weighted by atomic mass is 15.3. The summed E-state index contributed by atoms with van der Waals surface area (Å²) in [7, 11) is 0. The maximum Gasteiger partial charge on any atom is 0.138 e. The highest BCUT2D eigenvalue weighted by Crippen LogP contribution is 2.15. The van der Waals surface area contributed by atoms with Crippen LogP contribution >= 0.6 is 0 Å². The molecule has 18 heavy (non-hydrogen) atoms. The Morgan fingerprint density at radius 2 is 2.17 bits per heavy atom. The van der Waals surface area contributed by atoms with Crippen LogP contribution in [0.4, 0.5) is 0 Å². The third-order valence-corrected chi connectivity index (χ3v) is 2.83. The number of hydrazine groups is 1. The number of hydrogen-bond acceptors (Lipinski definition) is 5. The molecule has 2 aromatic rings. The lowest BCUT2D eigenvalue weighted by Crippen LogP contribution is -2.30. The van der Waals surface area contributed by atoms with E-state index in [-0.39, 0.29) is 6.04 Å². The van der Waals surface area contributed by atoms with Gasteiger partial charge in [0.25, 0.3) is 0 Å². The second-order valence-electron chi connectivity index (χ2n) is 4.10. The quantitative estimate of drug-likeness (QED) is 0.583. The first-order chi connectivity index (χ1) is 8.85. The number of nitrogens with two attached hydrogens (primary N) is 1. The molecule has 2 rings (SSSR count). The van der Waals surface area contributed by atoms with Crippen LogP contribution in [0.1, 0.15) is 30.8 Å². The normalized spacial score (nSPS) is 12.6. The predicted molar refractivity (Wildman–Crippen MR) is 68.3 cm³/mol. The van der Waals surface area contributed by atoms with E-state index in [9.17, 15) is 0 Å². The minimum Gasteiger partial charge on any atom is -0.271 e. The van der Waals surface area contributed by atoms with Crippen molar-refractivity contribution < 1.29 is 0 Å². The van der Waals surface area contributed by atoms with E-state index in [1.807, 2.05) is 16.8 Å². The Morgan fingerprint density at radius 3 is 2.83 bits per heavy atom. The Hall–Kier alpha value is -1.79. The fourth-order valence-corrected chi connectivity index (χ4v) is 1.90. The highest BCUT2D eigenvalue weighted by Gasteiger charge is 2.14. The Labute approximate surface area is 106 Å². The lowest BCUT2D eigenvalue weighted by molar-refractivity contribution is 0.499. The molecular weight excluding hydrogens is 228 g/mol. The van der Waals surface area contributed by atoms with Gasteiger partial charge in [-0.15, -0.1) is 0 Å². The molecule has 0 radical (unpaired) electrons. The van der Waals surface area contributed by atoms with E-state index in [0.29, 0.717) is 6.42 Å². The number of aromatic nitrogens is 4. The van der Waals surface area contributed by atoms with Crippen LogP contribution in [-0.2, 0) is 13.0 Å². The zero-order valence-electron chi connectivity index (χ0n) is 10.5. The number of aryl methyl sites for hydroxylation is 1. The van der Waals surface area contributed by atoms with Crippen LogP contribution in [0.3, 0.4) is 0 Å². The Morgan fingerprint density at radius 1 is 1.39 bits per heavy atom. The van der Waals surface area contributed by atoms with Gasteiger partial charge in [0.1, 0.15) is 12.2 Å². The molecule has 3 N–H and O–H groups in total. The van der Waals surface area contributed by atoms with Gasteiger partial charge in [0.2, 0.25) is 0 Å². The van der Waals surface area contributed by atoms with E-state index >= 15 is 0 Å². The van der Waals surface area contributed by atoms with Crippen molar-refractivity contribution in [3.05, 3.63) is 42.2 Å². The average molecular weight is 246 g/mol. The molecule has 0 aliphatic carbocycles. The number of hydrogen-bond donors (Lipinski definition) is 2. The van der Waals surface area contributed by atoms with Crippen molar-refractivity contribution in [2.45, 2.75) is 32.4 Å². The van der Waals surface area contributed by atoms with Crippen LogP contribution in [0.15, 0.2) is 30.9 Å². The Kier molecular flexibility index (Phi) is 4.38. The van der Waals surface area contributed by atoms with Gasteiger partial charge in [-0.05, 0) is 24.1 Å². The number of rotatable bonds is 6. The average Bonchev–Trinajstić information content (AvgIpc) is 2.85. The first kappa shape index (κ1) is 12.7. The lowest BCUT2D eigenvalue weighted by Gasteiger charge is -2.15. The molecule has 96 valence electrons. The van der Waals surface area contributed by atoms with Crippen LogP contribution in [0.25, 0.3) is 0 Å². The molecule has 0 fully saturated rings. The van der Waals surface area contributed by atoms with Crippen molar-refractivity contribution in [3.63, 3.8) is 0 Å². The Balaban J connectivity index is 2.13. The van der Waals surface area contributed by atoms with Crippen molar-refractivity contribution in [2.24, 2.45) is 5.84 Å². The van der Waals surface area contributed by atoms with Crippen LogP contribution in [0.2, 0.25) is 0 Å². The summed E-state index contributed by atoms with van der Waals surface area (Å²) in [6, 6.07) is 3.92. The van der Waals surface area contributed by atoms with Crippen LogP contribution in [-0.4, -0.2) is 19.7 Å². The molecule has 6 heteroatoms. The summed E-state index contributed by atoms with van der Waals surface area (Å²) in [4.78, 5) is 8.29. The lowest BCUT2D eigenvalue weighted by atomic mass is 10.1. The van der Waals surface area contributed by atoms with Crippen LogP contribution < -0.4 is 11.3 Å². The first-order valence-corrected chi connectivity index (χ1v) is 6.08. The van der Waals surface area contributed by atoms with E-state index in [2.05, 4.69) is 27.4 Å². The molecule has 6 nitrogen and oxygen atoms in total. The van der Waals surface area contributed by atoms with Crippen molar-refractivity contribution in [1.29, 1.82) is 0 Å². The fraction of sp³-hybridized carbons (Fsp3) is 0.417. The van der Waals surface area contributed by atoms with E-state index in [1.165, 1.54) is 0 Å². The van der Waals surface area contributed by atoms with E-state index in [1.54, 1.807) is 18.7 Å². The Bertz CT molecular complexity index is 466. The number of pyridine rings is 1. The third kappa shape index (κ3) is 2.91. The van der Waals surface area contributed by atoms with Gasteiger partial charge in [0, 0.05) is 25.4 Å². The van der Waals surface area contributed by atoms with Crippen LogP contribution in [0, 0.1) is 0 Å². The minimum atomic E-state index is 0.0211. The van der Waals surface area contributed by atoms with Gasteiger partial charge in [0.15, 0.2) is 0 Å². The van der Waals surface area contributed by atoms with E-state index in [0.717, 1.165) is 24.4 Å². The molecule has 1 unspecified atom stereocenters. The molecular formula is C12H18N6. The molecule has 2 aromatic heterocycles. The monoisotopic (exact) mass is 246 g/mol. The third-order valence-electron chi connectivity index (χ3n) is 2.83. The SMILES string of the molecule is CCCn1ncnc1CC(NN)c1ccncc1. The van der Waals surface area contributed by atoms with Gasteiger partial charge in [-0.25, -0.2) is 4.98 Å². The predicted octanol–water partition coefficient (Wildman–Crippen LogP) is 0.830. The zero-order chi connectivity index (χ0) is 12.8. The molecule has 0 spiro atoms. The topological polar surface area (TPSA) is 81.7 Å². The van der Waals surface area contributed by atoms with Gasteiger partial charge in [-0.1, -0.05) is 6.92 Å². The molecule has 0 bridgehead atoms. The van der Waals surface area contributed by atoms with Crippen LogP contribution in [0.5, 0.6) is 0 Å². The smallest absolute Gasteiger partial charge is 0.138 e. The molecule has 2 heterocycles. The summed E-state index contributed by atoms with van der Waals surface area (Å²) in [5.74, 6) is 6.56. The molecule has 0 aliphatic rings. The molecule has 1 atom stereocenters. The van der Waals surface area contributed by atoms with Crippen molar-refractivity contribution in [2.75, 3.05) is 0 Å². The van der Waals surface area contributed by atoms with Gasteiger partial charge in [0.05, 0.1) is 6.04 Å². The van der Waals surface area contributed by atoms with E-state index in [4.69, 9.17) is 5.84 Å². The molecule has 0 amide bonds. The maximum absolute atomic E-state index is 5.62. The summed E-state index contributed by atoms with van der Waals surface area (Å²) < 4.78 is 1.92. The van der Waals surface area contributed by atoms with E-state index < -0.39 is 0 Å². The summed E-state index contributed by atoms with van der Waals surface area (Å²) in [6.45, 7) is 3.00. The molecule has 0 aromatic carbocycles.